The van der Waals surface area contributed by atoms with E-state index in [0.717, 1.165) is 37.3 Å². The van der Waals surface area contributed by atoms with Gasteiger partial charge in [-0.3, -0.25) is 14.5 Å². The number of alkyl halides is 2. The monoisotopic (exact) mass is 470 g/mol. The van der Waals surface area contributed by atoms with Crippen molar-refractivity contribution in [1.82, 2.24) is 25.2 Å². The first kappa shape index (κ1) is 23.7. The molecule has 8 nitrogen and oxygen atoms in total. The van der Waals surface area contributed by atoms with E-state index in [9.17, 15) is 18.4 Å². The number of piperazine rings is 1. The van der Waals surface area contributed by atoms with E-state index in [1.807, 2.05) is 18.2 Å². The summed E-state index contributed by atoms with van der Waals surface area (Å²) in [5.74, 6) is -3.51. The fraction of sp³-hybridized carbons (Fsp3) is 0.417. The van der Waals surface area contributed by atoms with Gasteiger partial charge in [0.25, 0.3) is 17.4 Å². The lowest BCUT2D eigenvalue weighted by molar-refractivity contribution is 0.0115. The number of nitrogens with one attached hydrogen (secondary N) is 2. The van der Waals surface area contributed by atoms with E-state index in [1.54, 1.807) is 25.4 Å². The van der Waals surface area contributed by atoms with Crippen LogP contribution in [0, 0.1) is 0 Å². The highest BCUT2D eigenvalue weighted by Gasteiger charge is 2.30. The van der Waals surface area contributed by atoms with Crippen molar-refractivity contribution in [3.8, 4) is 0 Å². The van der Waals surface area contributed by atoms with Crippen LogP contribution >= 0.6 is 0 Å². The number of halogens is 2. The average molecular weight is 471 g/mol. The maximum atomic E-state index is 13.6. The smallest absolute Gasteiger partial charge is 0.292 e. The van der Waals surface area contributed by atoms with Crippen LogP contribution in [0.2, 0.25) is 0 Å². The molecule has 1 atom stereocenters. The molecule has 1 aromatic carbocycles. The maximum Gasteiger partial charge on any atom is 0.292 e. The number of benzene rings is 1. The van der Waals surface area contributed by atoms with E-state index in [-0.39, 0.29) is 5.91 Å². The number of rotatable bonds is 6. The molecule has 4 rings (SSSR count). The van der Waals surface area contributed by atoms with Crippen molar-refractivity contribution < 1.29 is 13.6 Å². The zero-order valence-corrected chi connectivity index (χ0v) is 19.4. The second-order valence-corrected chi connectivity index (χ2v) is 8.61. The fourth-order valence-electron chi connectivity index (χ4n) is 4.32. The molecule has 1 aliphatic heterocycles. The first-order valence-corrected chi connectivity index (χ1v) is 11.3. The second kappa shape index (κ2) is 9.46. The summed E-state index contributed by atoms with van der Waals surface area (Å²) >= 11 is 0. The summed E-state index contributed by atoms with van der Waals surface area (Å²) in [6.45, 7) is 5.92. The quantitative estimate of drug-likeness (QED) is 0.576. The van der Waals surface area contributed by atoms with Gasteiger partial charge in [-0.25, -0.2) is 9.97 Å². The zero-order chi connectivity index (χ0) is 24.5. The number of aromatic amines is 1. The highest BCUT2D eigenvalue weighted by atomic mass is 19.3. The van der Waals surface area contributed by atoms with E-state index < -0.39 is 17.2 Å². The minimum Gasteiger partial charge on any atom is -0.367 e. The molecule has 34 heavy (non-hydrogen) atoms. The predicted octanol–water partition coefficient (Wildman–Crippen LogP) is 2.89. The van der Waals surface area contributed by atoms with Crippen LogP contribution in [0.25, 0.3) is 11.0 Å². The van der Waals surface area contributed by atoms with Crippen LogP contribution in [0.4, 0.5) is 14.5 Å². The highest BCUT2D eigenvalue weighted by Crippen LogP contribution is 2.25. The molecule has 3 aromatic rings. The van der Waals surface area contributed by atoms with Gasteiger partial charge in [-0.2, -0.15) is 8.78 Å². The Balaban J connectivity index is 1.48. The van der Waals surface area contributed by atoms with Crippen molar-refractivity contribution in [3.05, 3.63) is 63.8 Å². The molecule has 1 fully saturated rings. The molecule has 2 N–H and O–H groups in total. The van der Waals surface area contributed by atoms with Gasteiger partial charge in [-0.05, 0) is 36.2 Å². The predicted molar refractivity (Wildman–Crippen MR) is 126 cm³/mol. The lowest BCUT2D eigenvalue weighted by atomic mass is 10.1. The number of carbonyl (C=O) groups is 1. The Kier molecular flexibility index (Phi) is 6.60. The topological polar surface area (TPSA) is 94.2 Å². The number of nitrogens with zero attached hydrogens (tertiary/aromatic N) is 4. The molecule has 3 heterocycles. The Morgan fingerprint density at radius 3 is 2.71 bits per heavy atom. The van der Waals surface area contributed by atoms with Crippen LogP contribution in [0.1, 0.15) is 42.0 Å². The van der Waals surface area contributed by atoms with E-state index in [1.165, 1.54) is 0 Å². The summed E-state index contributed by atoms with van der Waals surface area (Å²) in [4.78, 5) is 39.2. The Hall–Kier alpha value is -3.40. The Morgan fingerprint density at radius 2 is 2.06 bits per heavy atom. The molecule has 2 aromatic heterocycles. The summed E-state index contributed by atoms with van der Waals surface area (Å²) in [6, 6.07) is 9.29. The van der Waals surface area contributed by atoms with Crippen LogP contribution in [0.3, 0.4) is 0 Å². The molecule has 180 valence electrons. The maximum absolute atomic E-state index is 13.6. The van der Waals surface area contributed by atoms with E-state index in [0.29, 0.717) is 36.2 Å². The van der Waals surface area contributed by atoms with Gasteiger partial charge in [0.1, 0.15) is 5.69 Å². The number of anilines is 1. The number of aromatic nitrogens is 3. The summed E-state index contributed by atoms with van der Waals surface area (Å²) < 4.78 is 27.2. The molecule has 0 aliphatic carbocycles. The Bertz CT molecular complexity index is 1240. The van der Waals surface area contributed by atoms with Gasteiger partial charge in [-0.15, -0.1) is 0 Å². The second-order valence-electron chi connectivity index (χ2n) is 8.61. The number of fused-ring (bicyclic) bond motifs is 1. The number of hydrogen-bond donors (Lipinski definition) is 2. The van der Waals surface area contributed by atoms with Gasteiger partial charge in [0.2, 0.25) is 0 Å². The summed E-state index contributed by atoms with van der Waals surface area (Å²) in [5.41, 5.74) is 1.48. The van der Waals surface area contributed by atoms with Crippen LogP contribution < -0.4 is 15.8 Å². The standard InChI is InChI=1S/C24H28F2N6O2/c1-4-16-14-32(17-6-8-19(28-12-17)22(33)27-3)10-9-31(16)13-15-5-7-18-20(11-15)30-23(34)21(29-18)24(2,25)26/h5-8,11-12,16H,4,9-10,13-14H2,1-3H3,(H,27,33)(H,30,34)/t16-/m0/s1. The summed E-state index contributed by atoms with van der Waals surface area (Å²) in [5, 5.41) is 2.57. The van der Waals surface area contributed by atoms with E-state index in [2.05, 4.69) is 37.0 Å². The third-order valence-electron chi connectivity index (χ3n) is 6.21. The largest absolute Gasteiger partial charge is 0.367 e. The lowest BCUT2D eigenvalue weighted by Gasteiger charge is -2.42. The molecular formula is C24H28F2N6O2. The highest BCUT2D eigenvalue weighted by molar-refractivity contribution is 5.92. The molecule has 1 aliphatic rings. The first-order valence-electron chi connectivity index (χ1n) is 11.3. The van der Waals surface area contributed by atoms with Crippen molar-refractivity contribution in [2.45, 2.75) is 38.8 Å². The van der Waals surface area contributed by atoms with Crippen molar-refractivity contribution in [2.75, 3.05) is 31.6 Å². The number of H-pyrrole nitrogens is 1. The molecule has 10 heteroatoms. The van der Waals surface area contributed by atoms with E-state index in [4.69, 9.17) is 0 Å². The zero-order valence-electron chi connectivity index (χ0n) is 19.4. The van der Waals surface area contributed by atoms with Crippen LogP contribution in [-0.4, -0.2) is 58.5 Å². The van der Waals surface area contributed by atoms with Crippen LogP contribution in [0.15, 0.2) is 41.3 Å². The molecule has 1 amide bonds. The molecule has 0 spiro atoms. The van der Waals surface area contributed by atoms with Gasteiger partial charge in [0, 0.05) is 46.2 Å². The third kappa shape index (κ3) is 4.91. The van der Waals surface area contributed by atoms with Crippen LogP contribution in [-0.2, 0) is 12.5 Å². The summed E-state index contributed by atoms with van der Waals surface area (Å²) in [7, 11) is 1.58. The molecule has 0 radical (unpaired) electrons. The average Bonchev–Trinajstić information content (AvgIpc) is 2.82. The van der Waals surface area contributed by atoms with Crippen molar-refractivity contribution in [1.29, 1.82) is 0 Å². The number of carbonyl (C=O) groups excluding carboxylic acids is 1. The Labute approximate surface area is 196 Å². The number of amides is 1. The molecule has 0 saturated carbocycles. The van der Waals surface area contributed by atoms with E-state index >= 15 is 0 Å². The van der Waals surface area contributed by atoms with Crippen molar-refractivity contribution in [2.24, 2.45) is 0 Å². The van der Waals surface area contributed by atoms with Gasteiger partial charge in [0.15, 0.2) is 5.69 Å². The van der Waals surface area contributed by atoms with Crippen molar-refractivity contribution >= 4 is 22.6 Å². The normalized spacial score (nSPS) is 17.2. The van der Waals surface area contributed by atoms with Crippen molar-refractivity contribution in [3.63, 3.8) is 0 Å². The molecule has 0 bridgehead atoms. The number of hydrogen-bond acceptors (Lipinski definition) is 6. The van der Waals surface area contributed by atoms with Gasteiger partial charge >= 0.3 is 0 Å². The minimum absolute atomic E-state index is 0.214. The fourth-order valence-corrected chi connectivity index (χ4v) is 4.32. The summed E-state index contributed by atoms with van der Waals surface area (Å²) in [6.07, 6.45) is 2.68. The number of pyridine rings is 1. The molecule has 0 unspecified atom stereocenters. The van der Waals surface area contributed by atoms with Gasteiger partial charge in [-0.1, -0.05) is 13.0 Å². The van der Waals surface area contributed by atoms with Gasteiger partial charge in [0.05, 0.1) is 22.9 Å². The first-order chi connectivity index (χ1) is 16.2. The Morgan fingerprint density at radius 1 is 1.26 bits per heavy atom. The lowest BCUT2D eigenvalue weighted by Crippen LogP contribution is -2.52. The van der Waals surface area contributed by atoms with Gasteiger partial charge < -0.3 is 15.2 Å². The minimum atomic E-state index is -3.30. The van der Waals surface area contributed by atoms with Crippen LogP contribution in [0.5, 0.6) is 0 Å². The third-order valence-corrected chi connectivity index (χ3v) is 6.21. The molecular weight excluding hydrogens is 442 g/mol. The SMILES string of the molecule is CC[C@H]1CN(c2ccc(C(=O)NC)nc2)CCN1Cc1ccc2nc(C(C)(F)F)c(=O)[nH]c2c1. The molecule has 1 saturated heterocycles.